The van der Waals surface area contributed by atoms with Crippen LogP contribution in [0.3, 0.4) is 0 Å². The van der Waals surface area contributed by atoms with Crippen LogP contribution in [0.2, 0.25) is 0 Å². The summed E-state index contributed by atoms with van der Waals surface area (Å²) in [6.45, 7) is 2.13. The van der Waals surface area contributed by atoms with Gasteiger partial charge in [-0.1, -0.05) is 72.3 Å². The summed E-state index contributed by atoms with van der Waals surface area (Å²) in [5, 5.41) is 2.54. The Morgan fingerprint density at radius 2 is 1.56 bits per heavy atom. The summed E-state index contributed by atoms with van der Waals surface area (Å²) in [6, 6.07) is 24.7. The number of hydrogen-bond acceptors (Lipinski definition) is 4. The fourth-order valence-electron chi connectivity index (χ4n) is 4.61. The van der Waals surface area contributed by atoms with Crippen LogP contribution in [-0.2, 0) is 28.2 Å². The average Bonchev–Trinajstić information content (AvgIpc) is 2.94. The minimum atomic E-state index is -4.62. The van der Waals surface area contributed by atoms with Crippen LogP contribution in [-0.4, -0.2) is 28.0 Å². The van der Waals surface area contributed by atoms with Crippen molar-refractivity contribution in [2.45, 2.75) is 36.6 Å². The first-order chi connectivity index (χ1) is 19.5. The topological polar surface area (TPSA) is 72.5 Å². The molecule has 0 heterocycles. The lowest BCUT2D eigenvalue weighted by atomic mass is 10.0. The minimum absolute atomic E-state index is 0.103. The number of halogens is 3. The predicted octanol–water partition coefficient (Wildman–Crippen LogP) is 7.03. The molecule has 0 spiro atoms. The molecule has 0 fully saturated rings. The molecule has 0 bridgehead atoms. The van der Waals surface area contributed by atoms with Crippen LogP contribution in [0, 0.1) is 6.92 Å². The third kappa shape index (κ3) is 7.55. The Kier molecular flexibility index (Phi) is 9.18. The zero-order valence-electron chi connectivity index (χ0n) is 22.7. The molecule has 4 aromatic carbocycles. The second kappa shape index (κ2) is 12.6. The van der Waals surface area contributed by atoms with Gasteiger partial charge in [-0.25, -0.2) is 8.42 Å². The maximum Gasteiger partial charge on any atom is 0.417 e. The lowest BCUT2D eigenvalue weighted by Gasteiger charge is -2.13. The van der Waals surface area contributed by atoms with Crippen LogP contribution >= 0.6 is 0 Å². The van der Waals surface area contributed by atoms with Crippen molar-refractivity contribution < 1.29 is 31.1 Å². The Morgan fingerprint density at radius 1 is 0.854 bits per heavy atom. The molecular formula is C32H30F3NO4S. The van der Waals surface area contributed by atoms with Gasteiger partial charge in [-0.2, -0.15) is 13.2 Å². The lowest BCUT2D eigenvalue weighted by molar-refractivity contribution is -0.137. The number of carbonyl (C=O) groups excluding carboxylic acids is 1. The molecule has 0 aliphatic rings. The van der Waals surface area contributed by atoms with Gasteiger partial charge in [0.25, 0.3) is 5.91 Å². The van der Waals surface area contributed by atoms with Crippen molar-refractivity contribution >= 4 is 15.7 Å². The van der Waals surface area contributed by atoms with Gasteiger partial charge in [0, 0.05) is 6.54 Å². The zero-order valence-corrected chi connectivity index (χ0v) is 23.5. The molecule has 214 valence electrons. The standard InChI is InChI=1S/C32H30F3NO4S/c1-22-8-5-12-25(18-22)26-15-16-29(40-2)30(20-26)41(38,39)21-24-10-6-9-23(19-24)11-7-17-36-31(37)27-13-3-4-14-28(27)32(33,34)35/h3-6,8-10,12-16,18-20H,7,11,17,21H2,1-2H3,(H,36,37). The highest BCUT2D eigenvalue weighted by Gasteiger charge is 2.34. The van der Waals surface area contributed by atoms with E-state index in [0.29, 0.717) is 18.4 Å². The molecule has 0 aliphatic heterocycles. The highest BCUT2D eigenvalue weighted by Crippen LogP contribution is 2.33. The fraction of sp³-hybridized carbons (Fsp3) is 0.219. The molecule has 0 aromatic heterocycles. The highest BCUT2D eigenvalue weighted by atomic mass is 32.2. The molecule has 1 N–H and O–H groups in total. The van der Waals surface area contributed by atoms with Gasteiger partial charge in [0.15, 0.2) is 9.84 Å². The molecule has 4 aromatic rings. The van der Waals surface area contributed by atoms with Crippen LogP contribution in [0.5, 0.6) is 5.75 Å². The quantitative estimate of drug-likeness (QED) is 0.204. The number of rotatable bonds is 10. The Labute approximate surface area is 237 Å². The van der Waals surface area contributed by atoms with E-state index in [0.717, 1.165) is 34.4 Å². The van der Waals surface area contributed by atoms with E-state index >= 15 is 0 Å². The van der Waals surface area contributed by atoms with Crippen molar-refractivity contribution in [3.63, 3.8) is 0 Å². The Bertz CT molecular complexity index is 1650. The van der Waals surface area contributed by atoms with Gasteiger partial charge in [0.1, 0.15) is 10.6 Å². The SMILES string of the molecule is COc1ccc(-c2cccc(C)c2)cc1S(=O)(=O)Cc1cccc(CCCNC(=O)c2ccccc2C(F)(F)F)c1. The Balaban J connectivity index is 1.42. The summed E-state index contributed by atoms with van der Waals surface area (Å²) < 4.78 is 72.0. The first kappa shape index (κ1) is 29.9. The van der Waals surface area contributed by atoms with Gasteiger partial charge in [0.2, 0.25) is 0 Å². The summed E-state index contributed by atoms with van der Waals surface area (Å²) in [4.78, 5) is 12.5. The molecule has 0 aliphatic carbocycles. The first-order valence-electron chi connectivity index (χ1n) is 13.0. The minimum Gasteiger partial charge on any atom is -0.495 e. The van der Waals surface area contributed by atoms with Gasteiger partial charge < -0.3 is 10.1 Å². The lowest BCUT2D eigenvalue weighted by Crippen LogP contribution is -2.27. The Hall–Kier alpha value is -4.11. The maximum atomic E-state index is 13.5. The second-order valence-corrected chi connectivity index (χ2v) is 11.7. The number of alkyl halides is 3. The third-order valence-corrected chi connectivity index (χ3v) is 8.31. The molecular weight excluding hydrogens is 551 g/mol. The molecule has 1 amide bonds. The molecule has 41 heavy (non-hydrogen) atoms. The van der Waals surface area contributed by atoms with Crippen molar-refractivity contribution in [2.24, 2.45) is 0 Å². The van der Waals surface area contributed by atoms with Crippen LogP contribution in [0.15, 0.2) is 95.9 Å². The van der Waals surface area contributed by atoms with E-state index in [2.05, 4.69) is 5.32 Å². The number of ether oxygens (including phenoxy) is 1. The number of aryl methyl sites for hydroxylation is 2. The normalized spacial score (nSPS) is 11.7. The number of carbonyl (C=O) groups is 1. The number of methoxy groups -OCH3 is 1. The van der Waals surface area contributed by atoms with Gasteiger partial charge in [-0.15, -0.1) is 0 Å². The van der Waals surface area contributed by atoms with Crippen LogP contribution in [0.4, 0.5) is 13.2 Å². The molecule has 5 nitrogen and oxygen atoms in total. The smallest absolute Gasteiger partial charge is 0.417 e. The van der Waals surface area contributed by atoms with E-state index < -0.39 is 33.0 Å². The molecule has 9 heteroatoms. The van der Waals surface area contributed by atoms with Crippen molar-refractivity contribution in [3.8, 4) is 16.9 Å². The van der Waals surface area contributed by atoms with Crippen LogP contribution < -0.4 is 10.1 Å². The molecule has 4 rings (SSSR count). The van der Waals surface area contributed by atoms with E-state index in [1.54, 1.807) is 30.3 Å². The third-order valence-electron chi connectivity index (χ3n) is 6.60. The summed E-state index contributed by atoms with van der Waals surface area (Å²) in [6.07, 6.45) is -3.66. The van der Waals surface area contributed by atoms with Crippen molar-refractivity contribution in [3.05, 3.63) is 119 Å². The van der Waals surface area contributed by atoms with Crippen molar-refractivity contribution in [1.82, 2.24) is 5.32 Å². The van der Waals surface area contributed by atoms with Crippen LogP contribution in [0.25, 0.3) is 11.1 Å². The molecule has 0 saturated heterocycles. The van der Waals surface area contributed by atoms with Gasteiger partial charge in [-0.3, -0.25) is 4.79 Å². The molecule has 0 saturated carbocycles. The first-order valence-corrected chi connectivity index (χ1v) is 14.6. The highest BCUT2D eigenvalue weighted by molar-refractivity contribution is 7.90. The summed E-state index contributed by atoms with van der Waals surface area (Å²) in [7, 11) is -2.34. The molecule has 0 unspecified atom stereocenters. The predicted molar refractivity (Wildman–Crippen MR) is 153 cm³/mol. The van der Waals surface area contributed by atoms with Gasteiger partial charge >= 0.3 is 6.18 Å². The number of benzene rings is 4. The molecule has 0 radical (unpaired) electrons. The fourth-order valence-corrected chi connectivity index (χ4v) is 6.15. The average molecular weight is 582 g/mol. The maximum absolute atomic E-state index is 13.5. The van der Waals surface area contributed by atoms with E-state index in [4.69, 9.17) is 4.74 Å². The van der Waals surface area contributed by atoms with E-state index in [-0.39, 0.29) is 22.9 Å². The largest absolute Gasteiger partial charge is 0.495 e. The number of sulfone groups is 1. The van der Waals surface area contributed by atoms with Gasteiger partial charge in [-0.05, 0) is 66.3 Å². The summed E-state index contributed by atoms with van der Waals surface area (Å²) in [5.74, 6) is -0.764. The van der Waals surface area contributed by atoms with Crippen molar-refractivity contribution in [1.29, 1.82) is 0 Å². The Morgan fingerprint density at radius 3 is 2.29 bits per heavy atom. The number of amides is 1. The monoisotopic (exact) mass is 581 g/mol. The van der Waals surface area contributed by atoms with E-state index in [9.17, 15) is 26.4 Å². The number of nitrogens with one attached hydrogen (secondary N) is 1. The molecule has 0 atom stereocenters. The van der Waals surface area contributed by atoms with E-state index in [1.165, 1.54) is 19.2 Å². The van der Waals surface area contributed by atoms with Crippen molar-refractivity contribution in [2.75, 3.05) is 13.7 Å². The van der Waals surface area contributed by atoms with E-state index in [1.807, 2.05) is 43.3 Å². The number of hydrogen-bond donors (Lipinski definition) is 1. The zero-order chi connectivity index (χ0) is 29.6. The summed E-state index contributed by atoms with van der Waals surface area (Å²) in [5.41, 5.74) is 2.77. The second-order valence-electron chi connectivity index (χ2n) is 9.72. The van der Waals surface area contributed by atoms with Gasteiger partial charge in [0.05, 0.1) is 24.0 Å². The summed E-state index contributed by atoms with van der Waals surface area (Å²) >= 11 is 0. The van der Waals surface area contributed by atoms with Crippen LogP contribution in [0.1, 0.15) is 39.0 Å².